The first-order valence-corrected chi connectivity index (χ1v) is 9.72. The monoisotopic (exact) mass is 394 g/mol. The first-order chi connectivity index (χ1) is 13.8. The lowest BCUT2D eigenvalue weighted by Gasteiger charge is -2.20. The molecule has 0 saturated carbocycles. The van der Waals surface area contributed by atoms with E-state index in [1.54, 1.807) is 18.2 Å². The molecule has 3 aromatic rings. The molecule has 6 heteroatoms. The zero-order valence-electron chi connectivity index (χ0n) is 17.2. The van der Waals surface area contributed by atoms with Crippen LogP contribution >= 0.6 is 0 Å². The normalized spacial score (nSPS) is 11.6. The van der Waals surface area contributed by atoms with E-state index in [4.69, 9.17) is 4.74 Å². The molecular formula is C23H26N2O4. The number of ketones is 1. The van der Waals surface area contributed by atoms with Crippen LogP contribution in [0.5, 0.6) is 5.75 Å². The number of pyridine rings is 1. The van der Waals surface area contributed by atoms with Gasteiger partial charge in [0.1, 0.15) is 5.69 Å². The van der Waals surface area contributed by atoms with Crippen molar-refractivity contribution in [2.45, 2.75) is 46.0 Å². The van der Waals surface area contributed by atoms with E-state index in [9.17, 15) is 14.7 Å². The van der Waals surface area contributed by atoms with Crippen LogP contribution in [0.4, 0.5) is 0 Å². The minimum Gasteiger partial charge on any atom is -0.490 e. The molecule has 6 nitrogen and oxygen atoms in total. The Kier molecular flexibility index (Phi) is 5.73. The van der Waals surface area contributed by atoms with Crippen LogP contribution in [0.15, 0.2) is 42.6 Å². The predicted octanol–water partition coefficient (Wildman–Crippen LogP) is 4.22. The maximum absolute atomic E-state index is 13.0. The average Bonchev–Trinajstić information content (AvgIpc) is 3.03. The van der Waals surface area contributed by atoms with Gasteiger partial charge in [-0.1, -0.05) is 24.3 Å². The van der Waals surface area contributed by atoms with Gasteiger partial charge in [0.15, 0.2) is 17.2 Å². The van der Waals surface area contributed by atoms with Crippen molar-refractivity contribution in [3.8, 4) is 5.75 Å². The lowest BCUT2D eigenvalue weighted by molar-refractivity contribution is -0.142. The van der Waals surface area contributed by atoms with E-state index in [2.05, 4.69) is 4.98 Å². The predicted molar refractivity (Wildman–Crippen MR) is 111 cm³/mol. The number of ether oxygens (including phenoxy) is 1. The minimum atomic E-state index is -0.978. The second-order valence-electron chi connectivity index (χ2n) is 7.60. The minimum absolute atomic E-state index is 0.00783. The fraction of sp³-hybridized carbons (Fsp3) is 0.348. The quantitative estimate of drug-likeness (QED) is 0.579. The molecule has 152 valence electrons. The van der Waals surface area contributed by atoms with Crippen molar-refractivity contribution in [2.24, 2.45) is 0 Å². The van der Waals surface area contributed by atoms with Gasteiger partial charge in [-0.15, -0.1) is 0 Å². The summed E-state index contributed by atoms with van der Waals surface area (Å²) < 4.78 is 7.40. The third-order valence-corrected chi connectivity index (χ3v) is 5.18. The fourth-order valence-corrected chi connectivity index (χ4v) is 3.38. The highest BCUT2D eigenvalue weighted by molar-refractivity contribution is 5.96. The molecule has 0 bridgehead atoms. The lowest BCUT2D eigenvalue weighted by Crippen LogP contribution is -2.28. The summed E-state index contributed by atoms with van der Waals surface area (Å²) in [6.07, 6.45) is 2.66. The highest BCUT2D eigenvalue weighted by Crippen LogP contribution is 2.26. The third kappa shape index (κ3) is 4.01. The number of aliphatic carboxylic acids is 1. The number of fused-ring (bicyclic) bond motifs is 1. The van der Waals surface area contributed by atoms with Gasteiger partial charge in [-0.3, -0.25) is 14.0 Å². The average molecular weight is 394 g/mol. The van der Waals surface area contributed by atoms with E-state index in [-0.39, 0.29) is 5.78 Å². The smallest absolute Gasteiger partial charge is 0.313 e. The number of aryl methyl sites for hydroxylation is 2. The molecule has 2 heterocycles. The molecule has 0 aliphatic carbocycles. The van der Waals surface area contributed by atoms with Crippen LogP contribution in [-0.2, 0) is 16.6 Å². The number of hydrogen-bond acceptors (Lipinski definition) is 4. The topological polar surface area (TPSA) is 80.9 Å². The number of Topliss-reactive ketones (excluding diaryl/α,β-unsaturated/α-hetero) is 1. The van der Waals surface area contributed by atoms with Crippen LogP contribution in [0.1, 0.15) is 54.5 Å². The number of carboxylic acids is 1. The number of benzene rings is 1. The molecule has 29 heavy (non-hydrogen) atoms. The molecule has 2 aromatic heterocycles. The van der Waals surface area contributed by atoms with Crippen molar-refractivity contribution in [3.05, 3.63) is 65.1 Å². The second-order valence-corrected chi connectivity index (χ2v) is 7.60. The Hall–Kier alpha value is -3.15. The SMILES string of the molecule is CCOc1cccn2c(C(=O)CCc3cccc(C(C)(C)C(=O)O)c3)c(C)nc12. The van der Waals surface area contributed by atoms with Gasteiger partial charge in [0.2, 0.25) is 0 Å². The summed E-state index contributed by atoms with van der Waals surface area (Å²) in [5.74, 6) is -0.232. The zero-order chi connectivity index (χ0) is 21.2. The molecule has 0 amide bonds. The zero-order valence-corrected chi connectivity index (χ0v) is 17.2. The third-order valence-electron chi connectivity index (χ3n) is 5.18. The largest absolute Gasteiger partial charge is 0.490 e. The van der Waals surface area contributed by atoms with Gasteiger partial charge in [-0.2, -0.15) is 0 Å². The molecule has 0 spiro atoms. The summed E-state index contributed by atoms with van der Waals surface area (Å²) in [5, 5.41) is 9.45. The summed E-state index contributed by atoms with van der Waals surface area (Å²) in [6.45, 7) is 7.61. The van der Waals surface area contributed by atoms with Crippen LogP contribution in [-0.4, -0.2) is 32.9 Å². The molecule has 1 aromatic carbocycles. The maximum atomic E-state index is 13.0. The maximum Gasteiger partial charge on any atom is 0.313 e. The number of rotatable bonds is 8. The van der Waals surface area contributed by atoms with Crippen LogP contribution in [0.3, 0.4) is 0 Å². The molecule has 0 saturated heterocycles. The van der Waals surface area contributed by atoms with Gasteiger partial charge in [0, 0.05) is 12.6 Å². The number of carboxylic acid groups (broad SMARTS) is 1. The van der Waals surface area contributed by atoms with Gasteiger partial charge in [-0.25, -0.2) is 4.98 Å². The van der Waals surface area contributed by atoms with Crippen LogP contribution < -0.4 is 4.74 Å². The molecule has 0 unspecified atom stereocenters. The van der Waals surface area contributed by atoms with Gasteiger partial charge >= 0.3 is 5.97 Å². The van der Waals surface area contributed by atoms with Crippen molar-refractivity contribution in [2.75, 3.05) is 6.61 Å². The summed E-state index contributed by atoms with van der Waals surface area (Å²) in [5.41, 5.74) is 2.55. The van der Waals surface area contributed by atoms with E-state index in [0.717, 1.165) is 11.1 Å². The van der Waals surface area contributed by atoms with Crippen LogP contribution in [0.2, 0.25) is 0 Å². The number of aromatic nitrogens is 2. The Morgan fingerprint density at radius 2 is 1.97 bits per heavy atom. The Bertz CT molecular complexity index is 1070. The van der Waals surface area contributed by atoms with Crippen molar-refractivity contribution in [1.29, 1.82) is 0 Å². The second kappa shape index (κ2) is 8.07. The molecule has 0 aliphatic heterocycles. The number of hydrogen-bond donors (Lipinski definition) is 1. The molecule has 0 fully saturated rings. The number of carbonyl (C=O) groups excluding carboxylic acids is 1. The highest BCUT2D eigenvalue weighted by Gasteiger charge is 2.29. The van der Waals surface area contributed by atoms with Gasteiger partial charge in [-0.05, 0) is 57.4 Å². The molecule has 0 atom stereocenters. The lowest BCUT2D eigenvalue weighted by atomic mass is 9.83. The first-order valence-electron chi connectivity index (χ1n) is 9.72. The molecule has 1 N–H and O–H groups in total. The Morgan fingerprint density at radius 3 is 2.66 bits per heavy atom. The van der Waals surface area contributed by atoms with Crippen LogP contribution in [0.25, 0.3) is 5.65 Å². The number of imidazole rings is 1. The van der Waals surface area contributed by atoms with Gasteiger partial charge in [0.25, 0.3) is 0 Å². The molecule has 0 aliphatic rings. The first kappa shape index (κ1) is 20.6. The van der Waals surface area contributed by atoms with Crippen molar-refractivity contribution < 1.29 is 19.4 Å². The number of nitrogens with zero attached hydrogens (tertiary/aromatic N) is 2. The van der Waals surface area contributed by atoms with E-state index < -0.39 is 11.4 Å². The summed E-state index contributed by atoms with van der Waals surface area (Å²) >= 11 is 0. The van der Waals surface area contributed by atoms with Crippen molar-refractivity contribution in [3.63, 3.8) is 0 Å². The van der Waals surface area contributed by atoms with Crippen molar-refractivity contribution >= 4 is 17.4 Å². The fourth-order valence-electron chi connectivity index (χ4n) is 3.38. The van der Waals surface area contributed by atoms with Crippen LogP contribution in [0, 0.1) is 6.92 Å². The Balaban J connectivity index is 1.83. The van der Waals surface area contributed by atoms with Gasteiger partial charge < -0.3 is 9.84 Å². The van der Waals surface area contributed by atoms with Gasteiger partial charge in [0.05, 0.1) is 17.7 Å². The standard InChI is InChI=1S/C23H26N2O4/c1-5-29-19-10-7-13-25-20(15(2)24-21(19)25)18(26)12-11-16-8-6-9-17(14-16)23(3,4)22(27)28/h6-10,13-14H,5,11-12H2,1-4H3,(H,27,28). The molecule has 0 radical (unpaired) electrons. The molecule has 3 rings (SSSR count). The summed E-state index contributed by atoms with van der Waals surface area (Å²) in [6, 6.07) is 11.1. The summed E-state index contributed by atoms with van der Waals surface area (Å²) in [7, 11) is 0. The molecular weight excluding hydrogens is 368 g/mol. The Labute approximate surface area is 170 Å². The van der Waals surface area contributed by atoms with E-state index >= 15 is 0 Å². The van der Waals surface area contributed by atoms with E-state index in [1.165, 1.54) is 0 Å². The Morgan fingerprint density at radius 1 is 1.21 bits per heavy atom. The van der Waals surface area contributed by atoms with Crippen molar-refractivity contribution in [1.82, 2.24) is 9.38 Å². The summed E-state index contributed by atoms with van der Waals surface area (Å²) in [4.78, 5) is 29.0. The highest BCUT2D eigenvalue weighted by atomic mass is 16.5. The number of carbonyl (C=O) groups is 2. The van der Waals surface area contributed by atoms with E-state index in [1.807, 2.05) is 56.4 Å². The van der Waals surface area contributed by atoms with E-state index in [0.29, 0.717) is 42.2 Å².